The largest absolute Gasteiger partial charge is 0.353 e. The quantitative estimate of drug-likeness (QED) is 0.410. The predicted octanol–water partition coefficient (Wildman–Crippen LogP) is 0.118. The van der Waals surface area contributed by atoms with Crippen LogP contribution in [0.15, 0.2) is 15.7 Å². The first-order chi connectivity index (χ1) is 10.9. The van der Waals surface area contributed by atoms with E-state index < -0.39 is 16.0 Å². The first kappa shape index (κ1) is 14.9. The van der Waals surface area contributed by atoms with Gasteiger partial charge in [0.1, 0.15) is 0 Å². The van der Waals surface area contributed by atoms with Crippen LogP contribution in [0.25, 0.3) is 11.0 Å². The van der Waals surface area contributed by atoms with E-state index in [2.05, 4.69) is 15.3 Å². The van der Waals surface area contributed by atoms with Crippen LogP contribution in [0.1, 0.15) is 24.5 Å². The van der Waals surface area contributed by atoms with Crippen molar-refractivity contribution < 1.29 is 9.72 Å². The van der Waals surface area contributed by atoms with Gasteiger partial charge < -0.3 is 15.3 Å². The van der Waals surface area contributed by atoms with Crippen molar-refractivity contribution in [2.45, 2.75) is 32.2 Å². The summed E-state index contributed by atoms with van der Waals surface area (Å²) >= 11 is 0. The second-order valence-corrected chi connectivity index (χ2v) is 5.58. The minimum absolute atomic E-state index is 0.0866. The highest BCUT2D eigenvalue weighted by Gasteiger charge is 2.28. The number of rotatable bonds is 2. The molecule has 1 amide bonds. The normalized spacial score (nSPS) is 16.8. The molecule has 0 saturated carbocycles. The topological polar surface area (TPSA) is 138 Å². The number of carbonyl (C=O) groups excluding carboxylic acids is 1. The number of H-pyrrole nitrogens is 2. The molecule has 0 radical (unpaired) electrons. The van der Waals surface area contributed by atoms with E-state index in [-0.39, 0.29) is 23.2 Å². The fraction of sp³-hybridized carbons (Fsp3) is 0.357. The molecule has 9 heteroatoms. The minimum atomic E-state index is -0.860. The Bertz CT molecular complexity index is 943. The van der Waals surface area contributed by atoms with E-state index >= 15 is 0 Å². The van der Waals surface area contributed by atoms with Crippen molar-refractivity contribution in [3.63, 3.8) is 0 Å². The summed E-state index contributed by atoms with van der Waals surface area (Å²) in [6.45, 7) is 1.40. The summed E-state index contributed by atoms with van der Waals surface area (Å²) in [5.41, 5.74) is -0.0409. The van der Waals surface area contributed by atoms with Crippen molar-refractivity contribution in [3.8, 4) is 0 Å². The molecule has 3 rings (SSSR count). The number of fused-ring (bicyclic) bond motifs is 3. The van der Waals surface area contributed by atoms with Crippen molar-refractivity contribution in [2.24, 2.45) is 0 Å². The van der Waals surface area contributed by atoms with Gasteiger partial charge in [-0.15, -0.1) is 0 Å². The van der Waals surface area contributed by atoms with Gasteiger partial charge in [-0.1, -0.05) is 0 Å². The number of benzene rings is 1. The maximum Gasteiger partial charge on any atom is 0.314 e. The van der Waals surface area contributed by atoms with Crippen LogP contribution < -0.4 is 16.4 Å². The molecular weight excluding hydrogens is 304 g/mol. The predicted molar refractivity (Wildman–Crippen MR) is 81.5 cm³/mol. The molecule has 0 bridgehead atoms. The van der Waals surface area contributed by atoms with Crippen molar-refractivity contribution in [1.82, 2.24) is 15.3 Å². The highest BCUT2D eigenvalue weighted by atomic mass is 16.6. The molecule has 1 aliphatic carbocycles. The third-order valence-corrected chi connectivity index (χ3v) is 4.02. The second kappa shape index (κ2) is 5.34. The Morgan fingerprint density at radius 1 is 1.30 bits per heavy atom. The third kappa shape index (κ3) is 2.60. The van der Waals surface area contributed by atoms with Gasteiger partial charge in [0.15, 0.2) is 0 Å². The lowest BCUT2D eigenvalue weighted by atomic mass is 9.86. The van der Waals surface area contributed by atoms with E-state index in [0.29, 0.717) is 35.9 Å². The van der Waals surface area contributed by atoms with Crippen molar-refractivity contribution in [2.75, 3.05) is 0 Å². The number of carbonyl (C=O) groups is 1. The highest BCUT2D eigenvalue weighted by molar-refractivity contribution is 5.83. The number of amides is 1. The first-order valence-electron chi connectivity index (χ1n) is 7.09. The Balaban J connectivity index is 2.26. The summed E-state index contributed by atoms with van der Waals surface area (Å²) < 4.78 is 0. The third-order valence-electron chi connectivity index (χ3n) is 4.02. The lowest BCUT2D eigenvalue weighted by Crippen LogP contribution is -2.38. The lowest BCUT2D eigenvalue weighted by Gasteiger charge is -2.25. The van der Waals surface area contributed by atoms with Gasteiger partial charge in [0.2, 0.25) is 5.91 Å². The standard InChI is InChI=1S/C14H14N4O5/c1-6(19)15-7-2-3-8-9(4-7)12-10(5-11(8)18(22)23)16-13(20)14(21)17-12/h5,7H,2-4H2,1H3,(H,15,19)(H,16,20)(H,17,21). The van der Waals surface area contributed by atoms with Gasteiger partial charge in [-0.3, -0.25) is 24.5 Å². The molecule has 0 spiro atoms. The number of aromatic nitrogens is 2. The molecule has 1 atom stereocenters. The van der Waals surface area contributed by atoms with Crippen molar-refractivity contribution in [3.05, 3.63) is 48.0 Å². The zero-order valence-corrected chi connectivity index (χ0v) is 12.3. The highest BCUT2D eigenvalue weighted by Crippen LogP contribution is 2.33. The van der Waals surface area contributed by atoms with Crippen LogP contribution >= 0.6 is 0 Å². The molecule has 2 aromatic rings. The summed E-state index contributed by atoms with van der Waals surface area (Å²) in [7, 11) is 0. The molecule has 23 heavy (non-hydrogen) atoms. The van der Waals surface area contributed by atoms with Gasteiger partial charge >= 0.3 is 11.1 Å². The first-order valence-corrected chi connectivity index (χ1v) is 7.09. The summed E-state index contributed by atoms with van der Waals surface area (Å²) in [5, 5.41) is 14.1. The van der Waals surface area contributed by atoms with Gasteiger partial charge in [0, 0.05) is 24.6 Å². The summed E-state index contributed by atoms with van der Waals surface area (Å²) in [5.74, 6) is -0.185. The molecule has 1 aromatic heterocycles. The molecule has 1 aliphatic rings. The van der Waals surface area contributed by atoms with Crippen LogP contribution in [-0.2, 0) is 17.6 Å². The van der Waals surface area contributed by atoms with E-state index in [1.165, 1.54) is 13.0 Å². The van der Waals surface area contributed by atoms with Gasteiger partial charge in [-0.2, -0.15) is 0 Å². The molecular formula is C14H14N4O5. The second-order valence-electron chi connectivity index (χ2n) is 5.58. The number of aromatic amines is 2. The van der Waals surface area contributed by atoms with Crippen molar-refractivity contribution in [1.29, 1.82) is 0 Å². The number of nitrogens with one attached hydrogen (secondary N) is 3. The maximum atomic E-state index is 11.6. The van der Waals surface area contributed by atoms with Crippen LogP contribution in [0.3, 0.4) is 0 Å². The van der Waals surface area contributed by atoms with E-state index in [4.69, 9.17) is 0 Å². The molecule has 0 saturated heterocycles. The number of hydrogen-bond donors (Lipinski definition) is 3. The van der Waals surface area contributed by atoms with E-state index in [9.17, 15) is 24.5 Å². The van der Waals surface area contributed by atoms with E-state index in [1.807, 2.05) is 0 Å². The molecule has 0 aliphatic heterocycles. The maximum absolute atomic E-state index is 11.6. The Morgan fingerprint density at radius 2 is 2.00 bits per heavy atom. The molecule has 3 N–H and O–H groups in total. The van der Waals surface area contributed by atoms with Gasteiger partial charge in [0.25, 0.3) is 5.69 Å². The van der Waals surface area contributed by atoms with Crippen LogP contribution in [0.5, 0.6) is 0 Å². The van der Waals surface area contributed by atoms with Gasteiger partial charge in [0.05, 0.1) is 16.0 Å². The fourth-order valence-electron chi connectivity index (χ4n) is 3.10. The zero-order chi connectivity index (χ0) is 16.7. The lowest BCUT2D eigenvalue weighted by molar-refractivity contribution is -0.385. The Labute approximate surface area is 128 Å². The molecule has 1 unspecified atom stereocenters. The average molecular weight is 318 g/mol. The molecule has 0 fully saturated rings. The smallest absolute Gasteiger partial charge is 0.314 e. The van der Waals surface area contributed by atoms with E-state index in [1.54, 1.807) is 0 Å². The summed E-state index contributed by atoms with van der Waals surface area (Å²) in [6.07, 6.45) is 1.34. The number of hydrogen-bond acceptors (Lipinski definition) is 5. The van der Waals surface area contributed by atoms with Crippen LogP contribution in [0, 0.1) is 10.1 Å². The SMILES string of the molecule is CC(=O)NC1CCc2c([N+](=O)[O-])cc3[nH]c(=O)c(=O)[nH]c3c2C1. The van der Waals surface area contributed by atoms with Crippen LogP contribution in [0.2, 0.25) is 0 Å². The van der Waals surface area contributed by atoms with E-state index in [0.717, 1.165) is 0 Å². The fourth-order valence-corrected chi connectivity index (χ4v) is 3.10. The summed E-state index contributed by atoms with van der Waals surface area (Å²) in [4.78, 5) is 50.0. The summed E-state index contributed by atoms with van der Waals surface area (Å²) in [6, 6.07) is 1.10. The Morgan fingerprint density at radius 3 is 2.65 bits per heavy atom. The van der Waals surface area contributed by atoms with Gasteiger partial charge in [-0.05, 0) is 24.8 Å². The number of nitro groups is 1. The Hall–Kier alpha value is -2.97. The van der Waals surface area contributed by atoms with Crippen LogP contribution in [0.4, 0.5) is 5.69 Å². The molecule has 9 nitrogen and oxygen atoms in total. The molecule has 1 aromatic carbocycles. The monoisotopic (exact) mass is 318 g/mol. The average Bonchev–Trinajstić information content (AvgIpc) is 2.47. The Kier molecular flexibility index (Phi) is 3.47. The zero-order valence-electron chi connectivity index (χ0n) is 12.3. The molecule has 1 heterocycles. The van der Waals surface area contributed by atoms with Crippen LogP contribution in [-0.4, -0.2) is 26.8 Å². The van der Waals surface area contributed by atoms with Crippen molar-refractivity contribution >= 4 is 22.6 Å². The molecule has 120 valence electrons. The number of nitro benzene ring substituents is 1. The minimum Gasteiger partial charge on any atom is -0.353 e. The number of nitrogens with zero attached hydrogens (tertiary/aromatic N) is 1. The van der Waals surface area contributed by atoms with Gasteiger partial charge in [-0.25, -0.2) is 0 Å².